The maximum atomic E-state index is 13.9. The lowest BCUT2D eigenvalue weighted by Crippen LogP contribution is -2.14. The first kappa shape index (κ1) is 14.5. The third-order valence-corrected chi connectivity index (χ3v) is 3.25. The summed E-state index contributed by atoms with van der Waals surface area (Å²) in [5.41, 5.74) is 1.75. The van der Waals surface area contributed by atoms with Gasteiger partial charge in [0.15, 0.2) is 0 Å². The summed E-state index contributed by atoms with van der Waals surface area (Å²) >= 11 is 0. The molecule has 0 saturated heterocycles. The Bertz CT molecular complexity index is 545. The molecule has 0 amide bonds. The predicted molar refractivity (Wildman–Crippen MR) is 77.3 cm³/mol. The van der Waals surface area contributed by atoms with E-state index in [1.165, 1.54) is 6.07 Å². The lowest BCUT2D eigenvalue weighted by Gasteiger charge is -2.13. The Labute approximate surface area is 118 Å². The molecule has 0 bridgehead atoms. The Hall–Kier alpha value is -1.94. The summed E-state index contributed by atoms with van der Waals surface area (Å²) in [7, 11) is 1.81. The smallest absolute Gasteiger partial charge is 0.131 e. The van der Waals surface area contributed by atoms with Crippen LogP contribution in [0.1, 0.15) is 24.1 Å². The molecule has 1 N–H and O–H groups in total. The molecule has 1 unspecified atom stereocenters. The minimum Gasteiger partial charge on any atom is -0.493 e. The molecule has 0 saturated carbocycles. The van der Waals surface area contributed by atoms with Crippen molar-refractivity contribution in [2.45, 2.75) is 19.4 Å². The molecule has 0 aliphatic carbocycles. The van der Waals surface area contributed by atoms with Crippen molar-refractivity contribution >= 4 is 0 Å². The van der Waals surface area contributed by atoms with Gasteiger partial charge in [0.2, 0.25) is 0 Å². The molecule has 0 fully saturated rings. The molecule has 1 aromatic heterocycles. The summed E-state index contributed by atoms with van der Waals surface area (Å²) in [5, 5.41) is 3.02. The highest BCUT2D eigenvalue weighted by molar-refractivity contribution is 5.30. The zero-order valence-electron chi connectivity index (χ0n) is 11.8. The van der Waals surface area contributed by atoms with E-state index in [-0.39, 0.29) is 11.9 Å². The van der Waals surface area contributed by atoms with E-state index in [0.717, 1.165) is 12.0 Å². The number of nitrogens with zero attached hydrogens (tertiary/aromatic N) is 1. The average Bonchev–Trinajstić information content (AvgIpc) is 2.48. The zero-order chi connectivity index (χ0) is 14.4. The van der Waals surface area contributed by atoms with Gasteiger partial charge in [0.1, 0.15) is 11.6 Å². The van der Waals surface area contributed by atoms with Crippen LogP contribution in [0.5, 0.6) is 5.75 Å². The van der Waals surface area contributed by atoms with E-state index in [4.69, 9.17) is 4.74 Å². The van der Waals surface area contributed by atoms with Crippen molar-refractivity contribution in [3.63, 3.8) is 0 Å². The van der Waals surface area contributed by atoms with Crippen LogP contribution in [0.3, 0.4) is 0 Å². The maximum absolute atomic E-state index is 13.9. The van der Waals surface area contributed by atoms with Crippen LogP contribution >= 0.6 is 0 Å². The Balaban J connectivity index is 1.92. The third kappa shape index (κ3) is 3.78. The van der Waals surface area contributed by atoms with Crippen LogP contribution in [-0.4, -0.2) is 18.6 Å². The monoisotopic (exact) mass is 274 g/mol. The molecular weight excluding hydrogens is 255 g/mol. The quantitative estimate of drug-likeness (QED) is 0.878. The van der Waals surface area contributed by atoms with Crippen molar-refractivity contribution in [1.82, 2.24) is 10.3 Å². The second-order valence-electron chi connectivity index (χ2n) is 4.65. The minimum atomic E-state index is -0.245. The first-order valence-corrected chi connectivity index (χ1v) is 6.69. The molecule has 3 nitrogen and oxygen atoms in total. The van der Waals surface area contributed by atoms with Gasteiger partial charge in [-0.1, -0.05) is 12.1 Å². The SMILES string of the molecule is CNC(C)c1ccc(OCCc2cccnc2)cc1F. The van der Waals surface area contributed by atoms with Crippen molar-refractivity contribution < 1.29 is 9.13 Å². The van der Waals surface area contributed by atoms with Crippen molar-refractivity contribution in [2.75, 3.05) is 13.7 Å². The normalized spacial score (nSPS) is 12.2. The molecular formula is C16H19FN2O. The van der Waals surface area contributed by atoms with Gasteiger partial charge in [0.25, 0.3) is 0 Å². The summed E-state index contributed by atoms with van der Waals surface area (Å²) in [5.74, 6) is 0.309. The summed E-state index contributed by atoms with van der Waals surface area (Å²) in [6.07, 6.45) is 4.30. The molecule has 4 heteroatoms. The van der Waals surface area contributed by atoms with E-state index in [1.807, 2.05) is 32.3 Å². The van der Waals surface area contributed by atoms with Crippen LogP contribution < -0.4 is 10.1 Å². The van der Waals surface area contributed by atoms with Crippen LogP contribution in [-0.2, 0) is 6.42 Å². The fourth-order valence-electron chi connectivity index (χ4n) is 1.94. The van der Waals surface area contributed by atoms with Gasteiger partial charge in [-0.3, -0.25) is 4.98 Å². The van der Waals surface area contributed by atoms with E-state index in [2.05, 4.69) is 10.3 Å². The van der Waals surface area contributed by atoms with E-state index < -0.39 is 0 Å². The number of aromatic nitrogens is 1. The highest BCUT2D eigenvalue weighted by atomic mass is 19.1. The topological polar surface area (TPSA) is 34.1 Å². The molecule has 1 aromatic carbocycles. The van der Waals surface area contributed by atoms with Gasteiger partial charge in [-0.15, -0.1) is 0 Å². The molecule has 0 aliphatic heterocycles. The number of benzene rings is 1. The molecule has 0 radical (unpaired) electrons. The third-order valence-electron chi connectivity index (χ3n) is 3.25. The number of hydrogen-bond acceptors (Lipinski definition) is 3. The summed E-state index contributed by atoms with van der Waals surface area (Å²) < 4.78 is 19.5. The Morgan fingerprint density at radius 3 is 2.85 bits per heavy atom. The Morgan fingerprint density at radius 2 is 2.20 bits per heavy atom. The van der Waals surface area contributed by atoms with Crippen LogP contribution in [0.15, 0.2) is 42.7 Å². The van der Waals surface area contributed by atoms with E-state index in [1.54, 1.807) is 18.3 Å². The molecule has 2 aromatic rings. The van der Waals surface area contributed by atoms with E-state index >= 15 is 0 Å². The lowest BCUT2D eigenvalue weighted by atomic mass is 10.1. The van der Waals surface area contributed by atoms with E-state index in [0.29, 0.717) is 17.9 Å². The zero-order valence-corrected chi connectivity index (χ0v) is 11.8. The molecule has 20 heavy (non-hydrogen) atoms. The highest BCUT2D eigenvalue weighted by Gasteiger charge is 2.09. The number of halogens is 1. The molecule has 2 rings (SSSR count). The average molecular weight is 274 g/mol. The van der Waals surface area contributed by atoms with Crippen molar-refractivity contribution in [2.24, 2.45) is 0 Å². The number of rotatable bonds is 6. The van der Waals surface area contributed by atoms with Gasteiger partial charge in [-0.25, -0.2) is 4.39 Å². The maximum Gasteiger partial charge on any atom is 0.131 e. The van der Waals surface area contributed by atoms with Gasteiger partial charge in [-0.2, -0.15) is 0 Å². The fraction of sp³-hybridized carbons (Fsp3) is 0.312. The van der Waals surface area contributed by atoms with Crippen molar-refractivity contribution in [3.8, 4) is 5.75 Å². The standard InChI is InChI=1S/C16H19FN2O/c1-12(18-2)15-6-5-14(10-16(15)17)20-9-7-13-4-3-8-19-11-13/h3-6,8,10-12,18H,7,9H2,1-2H3. The second kappa shape index (κ2) is 7.01. The predicted octanol–water partition coefficient (Wildman–Crippen LogP) is 3.12. The Kier molecular flexibility index (Phi) is 5.07. The van der Waals surface area contributed by atoms with Gasteiger partial charge in [0, 0.05) is 36.5 Å². The highest BCUT2D eigenvalue weighted by Crippen LogP contribution is 2.21. The number of pyridine rings is 1. The summed E-state index contributed by atoms with van der Waals surface area (Å²) in [4.78, 5) is 4.04. The number of hydrogen-bond donors (Lipinski definition) is 1. The number of nitrogens with one attached hydrogen (secondary N) is 1. The van der Waals surface area contributed by atoms with Gasteiger partial charge < -0.3 is 10.1 Å². The van der Waals surface area contributed by atoms with Crippen LogP contribution in [0.25, 0.3) is 0 Å². The fourth-order valence-corrected chi connectivity index (χ4v) is 1.94. The van der Waals surface area contributed by atoms with Crippen molar-refractivity contribution in [3.05, 3.63) is 59.7 Å². The van der Waals surface area contributed by atoms with E-state index in [9.17, 15) is 4.39 Å². The molecule has 1 atom stereocenters. The van der Waals surface area contributed by atoms with Crippen LogP contribution in [0.2, 0.25) is 0 Å². The largest absolute Gasteiger partial charge is 0.493 e. The van der Waals surface area contributed by atoms with Gasteiger partial charge in [-0.05, 0) is 31.7 Å². The second-order valence-corrected chi connectivity index (χ2v) is 4.65. The molecule has 0 spiro atoms. The van der Waals surface area contributed by atoms with Crippen LogP contribution in [0, 0.1) is 5.82 Å². The van der Waals surface area contributed by atoms with Gasteiger partial charge in [0.05, 0.1) is 6.61 Å². The lowest BCUT2D eigenvalue weighted by molar-refractivity contribution is 0.319. The van der Waals surface area contributed by atoms with Crippen molar-refractivity contribution in [1.29, 1.82) is 0 Å². The minimum absolute atomic E-state index is 0.0144. The first-order chi connectivity index (χ1) is 9.70. The first-order valence-electron chi connectivity index (χ1n) is 6.69. The summed E-state index contributed by atoms with van der Waals surface area (Å²) in [6.45, 7) is 2.42. The summed E-state index contributed by atoms with van der Waals surface area (Å²) in [6, 6.07) is 8.87. The number of ether oxygens (including phenoxy) is 1. The molecule has 0 aliphatic rings. The van der Waals surface area contributed by atoms with Gasteiger partial charge >= 0.3 is 0 Å². The molecule has 1 heterocycles. The molecule has 106 valence electrons. The van der Waals surface area contributed by atoms with Crippen LogP contribution in [0.4, 0.5) is 4.39 Å². The Morgan fingerprint density at radius 1 is 1.35 bits per heavy atom.